The van der Waals surface area contributed by atoms with E-state index >= 15 is 0 Å². The maximum absolute atomic E-state index is 11.8. The largest absolute Gasteiger partial charge is 0.486 e. The molecule has 2 aromatic rings. The quantitative estimate of drug-likeness (QED) is 0.899. The molecule has 2 N–H and O–H groups in total. The van der Waals surface area contributed by atoms with Crippen molar-refractivity contribution >= 4 is 17.5 Å². The van der Waals surface area contributed by atoms with Crippen molar-refractivity contribution in [3.05, 3.63) is 36.2 Å². The number of aromatic nitrogens is 2. The second kappa shape index (κ2) is 6.51. The van der Waals surface area contributed by atoms with Gasteiger partial charge in [0.05, 0.1) is 5.56 Å². The number of benzene rings is 1. The Morgan fingerprint density at radius 1 is 1.13 bits per heavy atom. The van der Waals surface area contributed by atoms with E-state index in [9.17, 15) is 4.79 Å². The molecule has 2 heterocycles. The van der Waals surface area contributed by atoms with Crippen LogP contribution in [0.2, 0.25) is 0 Å². The summed E-state index contributed by atoms with van der Waals surface area (Å²) in [6.07, 6.45) is 2.98. The second-order valence-electron chi connectivity index (χ2n) is 5.41. The molecule has 0 aliphatic carbocycles. The number of rotatable bonds is 4. The molecule has 3 rings (SSSR count). The van der Waals surface area contributed by atoms with Crippen molar-refractivity contribution in [2.24, 2.45) is 0 Å². The van der Waals surface area contributed by atoms with Gasteiger partial charge in [-0.3, -0.25) is 4.79 Å². The van der Waals surface area contributed by atoms with Crippen LogP contribution in [-0.2, 0) is 0 Å². The first-order chi connectivity index (χ1) is 11.1. The lowest BCUT2D eigenvalue weighted by molar-refractivity contribution is 0.0942. The molecule has 0 saturated carbocycles. The summed E-state index contributed by atoms with van der Waals surface area (Å²) in [5.74, 6) is 1.63. The lowest BCUT2D eigenvalue weighted by Gasteiger charge is -2.19. The molecule has 0 unspecified atom stereocenters. The van der Waals surface area contributed by atoms with Crippen LogP contribution in [0.1, 0.15) is 24.2 Å². The zero-order valence-corrected chi connectivity index (χ0v) is 13.0. The number of ether oxygens (including phenoxy) is 2. The number of carbonyl (C=O) groups is 1. The normalized spacial score (nSPS) is 12.8. The van der Waals surface area contributed by atoms with Gasteiger partial charge in [0.2, 0.25) is 5.95 Å². The van der Waals surface area contributed by atoms with Crippen molar-refractivity contribution in [1.82, 2.24) is 15.3 Å². The van der Waals surface area contributed by atoms with E-state index in [1.807, 2.05) is 32.0 Å². The lowest BCUT2D eigenvalue weighted by atomic mass is 10.2. The number of fused-ring (bicyclic) bond motifs is 1. The van der Waals surface area contributed by atoms with Crippen LogP contribution >= 0.6 is 0 Å². The molecular formula is C16H18N4O3. The molecule has 1 aromatic carbocycles. The first-order valence-electron chi connectivity index (χ1n) is 7.41. The standard InChI is InChI=1S/C16H18N4O3/c1-10(2)19-15(21)11-8-17-16(18-9-11)20-12-3-4-13-14(7-12)23-6-5-22-13/h3-4,7-10H,5-6H2,1-2H3,(H,19,21)(H,17,18,20). The van der Waals surface area contributed by atoms with E-state index in [2.05, 4.69) is 20.6 Å². The Morgan fingerprint density at radius 3 is 2.52 bits per heavy atom. The van der Waals surface area contributed by atoms with Crippen LogP contribution in [0, 0.1) is 0 Å². The summed E-state index contributed by atoms with van der Waals surface area (Å²) in [4.78, 5) is 20.2. The van der Waals surface area contributed by atoms with E-state index in [-0.39, 0.29) is 11.9 Å². The van der Waals surface area contributed by atoms with Gasteiger partial charge in [-0.25, -0.2) is 9.97 Å². The SMILES string of the molecule is CC(C)NC(=O)c1cnc(Nc2ccc3c(c2)OCCO3)nc1. The Hall–Kier alpha value is -2.83. The van der Waals surface area contributed by atoms with Gasteiger partial charge in [-0.05, 0) is 26.0 Å². The number of nitrogens with one attached hydrogen (secondary N) is 2. The van der Waals surface area contributed by atoms with Crippen molar-refractivity contribution in [2.75, 3.05) is 18.5 Å². The molecule has 1 aromatic heterocycles. The van der Waals surface area contributed by atoms with Crippen LogP contribution in [0.4, 0.5) is 11.6 Å². The summed E-state index contributed by atoms with van der Waals surface area (Å²) < 4.78 is 11.0. The van der Waals surface area contributed by atoms with E-state index in [1.54, 1.807) is 0 Å². The summed E-state index contributed by atoms with van der Waals surface area (Å²) in [6.45, 7) is 4.89. The van der Waals surface area contributed by atoms with Gasteiger partial charge in [-0.1, -0.05) is 0 Å². The lowest BCUT2D eigenvalue weighted by Crippen LogP contribution is -2.30. The van der Waals surface area contributed by atoms with Gasteiger partial charge in [0, 0.05) is 30.2 Å². The number of amides is 1. The highest BCUT2D eigenvalue weighted by Gasteiger charge is 2.12. The molecule has 1 aliphatic heterocycles. The van der Waals surface area contributed by atoms with Gasteiger partial charge < -0.3 is 20.1 Å². The summed E-state index contributed by atoms with van der Waals surface area (Å²) in [7, 11) is 0. The minimum absolute atomic E-state index is 0.0676. The first-order valence-corrected chi connectivity index (χ1v) is 7.41. The molecular weight excluding hydrogens is 296 g/mol. The Labute approximate surface area is 134 Å². The molecule has 23 heavy (non-hydrogen) atoms. The minimum Gasteiger partial charge on any atom is -0.486 e. The van der Waals surface area contributed by atoms with Gasteiger partial charge in [-0.15, -0.1) is 0 Å². The van der Waals surface area contributed by atoms with E-state index in [0.717, 1.165) is 11.4 Å². The molecule has 0 bridgehead atoms. The molecule has 0 radical (unpaired) electrons. The highest BCUT2D eigenvalue weighted by Crippen LogP contribution is 2.33. The van der Waals surface area contributed by atoms with E-state index < -0.39 is 0 Å². The molecule has 0 fully saturated rings. The Bertz CT molecular complexity index is 701. The smallest absolute Gasteiger partial charge is 0.254 e. The van der Waals surface area contributed by atoms with Crippen LogP contribution < -0.4 is 20.1 Å². The number of hydrogen-bond donors (Lipinski definition) is 2. The molecule has 120 valence electrons. The maximum atomic E-state index is 11.8. The average Bonchev–Trinajstić information content (AvgIpc) is 2.55. The Kier molecular flexibility index (Phi) is 4.27. The van der Waals surface area contributed by atoms with Crippen LogP contribution in [-0.4, -0.2) is 35.1 Å². The Morgan fingerprint density at radius 2 is 1.83 bits per heavy atom. The number of anilines is 2. The van der Waals surface area contributed by atoms with Crippen molar-refractivity contribution in [3.8, 4) is 11.5 Å². The van der Waals surface area contributed by atoms with Crippen LogP contribution in [0.3, 0.4) is 0 Å². The third-order valence-corrected chi connectivity index (χ3v) is 3.13. The maximum Gasteiger partial charge on any atom is 0.254 e. The monoisotopic (exact) mass is 314 g/mol. The zero-order valence-electron chi connectivity index (χ0n) is 13.0. The van der Waals surface area contributed by atoms with Crippen molar-refractivity contribution in [2.45, 2.75) is 19.9 Å². The summed E-state index contributed by atoms with van der Waals surface area (Å²) in [5.41, 5.74) is 1.21. The molecule has 0 spiro atoms. The van der Waals surface area contributed by atoms with Gasteiger partial charge in [0.25, 0.3) is 5.91 Å². The van der Waals surface area contributed by atoms with Crippen molar-refractivity contribution in [3.63, 3.8) is 0 Å². The summed E-state index contributed by atoms with van der Waals surface area (Å²) >= 11 is 0. The van der Waals surface area contributed by atoms with Gasteiger partial charge in [0.15, 0.2) is 11.5 Å². The average molecular weight is 314 g/mol. The fourth-order valence-electron chi connectivity index (χ4n) is 2.11. The van der Waals surface area contributed by atoms with E-state index in [4.69, 9.17) is 9.47 Å². The van der Waals surface area contributed by atoms with Crippen molar-refractivity contribution < 1.29 is 14.3 Å². The molecule has 0 saturated heterocycles. The van der Waals surface area contributed by atoms with Crippen LogP contribution in [0.25, 0.3) is 0 Å². The molecule has 7 heteroatoms. The Balaban J connectivity index is 1.70. The van der Waals surface area contributed by atoms with Crippen LogP contribution in [0.15, 0.2) is 30.6 Å². The minimum atomic E-state index is -0.189. The first kappa shape index (κ1) is 15.1. The van der Waals surface area contributed by atoms with Gasteiger partial charge >= 0.3 is 0 Å². The third kappa shape index (κ3) is 3.68. The highest BCUT2D eigenvalue weighted by molar-refractivity contribution is 5.93. The predicted octanol–water partition coefficient (Wildman–Crippen LogP) is 2.13. The number of carbonyl (C=O) groups excluding carboxylic acids is 1. The summed E-state index contributed by atoms with van der Waals surface area (Å²) in [6, 6.07) is 5.59. The fourth-order valence-corrected chi connectivity index (χ4v) is 2.11. The molecule has 1 aliphatic rings. The summed E-state index contributed by atoms with van der Waals surface area (Å²) in [5, 5.41) is 5.86. The second-order valence-corrected chi connectivity index (χ2v) is 5.41. The molecule has 1 amide bonds. The zero-order chi connectivity index (χ0) is 16.2. The van der Waals surface area contributed by atoms with Crippen molar-refractivity contribution in [1.29, 1.82) is 0 Å². The van der Waals surface area contributed by atoms with Gasteiger partial charge in [-0.2, -0.15) is 0 Å². The molecule has 0 atom stereocenters. The number of hydrogen-bond acceptors (Lipinski definition) is 6. The van der Waals surface area contributed by atoms with Crippen LogP contribution in [0.5, 0.6) is 11.5 Å². The van der Waals surface area contributed by atoms with E-state index in [0.29, 0.717) is 30.5 Å². The topological polar surface area (TPSA) is 85.4 Å². The van der Waals surface area contributed by atoms with Gasteiger partial charge in [0.1, 0.15) is 13.2 Å². The fraction of sp³-hybridized carbons (Fsp3) is 0.312. The highest BCUT2D eigenvalue weighted by atomic mass is 16.6. The predicted molar refractivity (Wildman–Crippen MR) is 85.3 cm³/mol. The molecule has 7 nitrogen and oxygen atoms in total. The van der Waals surface area contributed by atoms with E-state index in [1.165, 1.54) is 12.4 Å². The number of nitrogens with zero attached hydrogens (tertiary/aromatic N) is 2. The third-order valence-electron chi connectivity index (χ3n) is 3.13.